The van der Waals surface area contributed by atoms with Crippen LogP contribution >= 0.6 is 0 Å². The molecular formula is C69H48N6. The molecule has 0 N–H and O–H groups in total. The average molecular weight is 961 g/mol. The summed E-state index contributed by atoms with van der Waals surface area (Å²) in [4.78, 5) is 18.5. The minimum absolute atomic E-state index is 0.529. The molecule has 0 amide bonds. The van der Waals surface area contributed by atoms with Crippen LogP contribution in [0.5, 0.6) is 0 Å². The second-order valence-corrected chi connectivity index (χ2v) is 19.2. The predicted molar refractivity (Wildman–Crippen MR) is 312 cm³/mol. The van der Waals surface area contributed by atoms with Crippen LogP contribution in [0, 0.1) is 0 Å². The van der Waals surface area contributed by atoms with Gasteiger partial charge in [0.05, 0.1) is 33.5 Å². The molecule has 3 aromatic heterocycles. The molecule has 1 unspecified atom stereocenters. The summed E-state index contributed by atoms with van der Waals surface area (Å²) in [5.41, 5.74) is 18.3. The zero-order chi connectivity index (χ0) is 49.8. The Labute approximate surface area is 435 Å². The van der Waals surface area contributed by atoms with Gasteiger partial charge in [-0.3, -0.25) is 4.57 Å². The fourth-order valence-corrected chi connectivity index (χ4v) is 11.2. The quantitative estimate of drug-likeness (QED) is 0.145. The van der Waals surface area contributed by atoms with E-state index in [0.717, 1.165) is 89.1 Å². The molecule has 354 valence electrons. The van der Waals surface area contributed by atoms with Crippen molar-refractivity contribution in [1.29, 1.82) is 0 Å². The zero-order valence-electron chi connectivity index (χ0n) is 41.2. The van der Waals surface area contributed by atoms with Crippen LogP contribution in [-0.4, -0.2) is 37.7 Å². The maximum absolute atomic E-state index is 5.72. The molecule has 10 aromatic carbocycles. The highest BCUT2D eigenvalue weighted by Gasteiger charge is 2.31. The maximum Gasteiger partial charge on any atom is 0.206 e. The number of benzene rings is 10. The lowest BCUT2D eigenvalue weighted by Gasteiger charge is -2.34. The summed E-state index contributed by atoms with van der Waals surface area (Å²) in [5.74, 6) is 1.48. The topological polar surface area (TPSA) is 50.7 Å². The van der Waals surface area contributed by atoms with Gasteiger partial charge in [-0.1, -0.05) is 206 Å². The largest absolute Gasteiger partial charge is 0.320 e. The lowest BCUT2D eigenvalue weighted by Crippen LogP contribution is -2.38. The van der Waals surface area contributed by atoms with E-state index in [4.69, 9.17) is 15.0 Å². The number of pyridine rings is 1. The van der Waals surface area contributed by atoms with E-state index in [1.54, 1.807) is 0 Å². The van der Waals surface area contributed by atoms with Gasteiger partial charge in [0.15, 0.2) is 5.84 Å². The Morgan fingerprint density at radius 2 is 0.800 bits per heavy atom. The normalized spacial score (nSPS) is 13.7. The first-order valence-corrected chi connectivity index (χ1v) is 25.5. The first kappa shape index (κ1) is 43.8. The van der Waals surface area contributed by atoms with E-state index >= 15 is 0 Å². The van der Waals surface area contributed by atoms with Crippen LogP contribution in [0.25, 0.3) is 105 Å². The minimum Gasteiger partial charge on any atom is -0.320 e. The van der Waals surface area contributed by atoms with Gasteiger partial charge >= 0.3 is 0 Å². The maximum atomic E-state index is 5.72. The van der Waals surface area contributed by atoms with Crippen molar-refractivity contribution < 1.29 is 0 Å². The van der Waals surface area contributed by atoms with E-state index in [-0.39, 0.29) is 0 Å². The third-order valence-corrected chi connectivity index (χ3v) is 14.7. The molecule has 0 spiro atoms. The monoisotopic (exact) mass is 960 g/mol. The minimum atomic E-state index is -0.529. The molecule has 1 aliphatic rings. The smallest absolute Gasteiger partial charge is 0.206 e. The molecule has 14 rings (SSSR count). The summed E-state index contributed by atoms with van der Waals surface area (Å²) in [7, 11) is 2.12. The summed E-state index contributed by atoms with van der Waals surface area (Å²) in [6.07, 6.45) is -0.529. The number of aromatic nitrogens is 3. The van der Waals surface area contributed by atoms with Gasteiger partial charge in [0, 0.05) is 56.5 Å². The number of para-hydroxylation sites is 2. The first-order valence-electron chi connectivity index (χ1n) is 25.5. The molecule has 0 bridgehead atoms. The fraction of sp³-hybridized carbons (Fsp3) is 0.0290. The van der Waals surface area contributed by atoms with E-state index < -0.39 is 6.29 Å². The highest BCUT2D eigenvalue weighted by Crippen LogP contribution is 2.44. The van der Waals surface area contributed by atoms with Crippen molar-refractivity contribution in [2.24, 2.45) is 9.98 Å². The number of amidine groups is 2. The molecule has 0 aliphatic carbocycles. The Morgan fingerprint density at radius 1 is 0.333 bits per heavy atom. The van der Waals surface area contributed by atoms with Gasteiger partial charge in [-0.05, 0) is 94.0 Å². The van der Waals surface area contributed by atoms with Crippen LogP contribution in [0.1, 0.15) is 17.4 Å². The van der Waals surface area contributed by atoms with E-state index in [2.05, 4.69) is 282 Å². The second kappa shape index (κ2) is 18.3. The molecule has 6 nitrogen and oxygen atoms in total. The second-order valence-electron chi connectivity index (χ2n) is 19.2. The highest BCUT2D eigenvalue weighted by molar-refractivity contribution is 6.23. The van der Waals surface area contributed by atoms with Gasteiger partial charge in [0.1, 0.15) is 5.84 Å². The Bertz CT molecular complexity index is 4300. The molecule has 0 saturated heterocycles. The van der Waals surface area contributed by atoms with Gasteiger partial charge < -0.3 is 9.47 Å². The summed E-state index contributed by atoms with van der Waals surface area (Å²) < 4.78 is 4.93. The van der Waals surface area contributed by atoms with Crippen molar-refractivity contribution in [3.63, 3.8) is 0 Å². The zero-order valence-corrected chi connectivity index (χ0v) is 41.2. The van der Waals surface area contributed by atoms with Crippen LogP contribution in [0.2, 0.25) is 0 Å². The predicted octanol–water partition coefficient (Wildman–Crippen LogP) is 16.9. The number of hydrogen-bond acceptors (Lipinski definition) is 4. The third kappa shape index (κ3) is 7.70. The van der Waals surface area contributed by atoms with Crippen LogP contribution in [0.3, 0.4) is 0 Å². The van der Waals surface area contributed by atoms with Crippen molar-refractivity contribution >= 4 is 55.3 Å². The van der Waals surface area contributed by atoms with E-state index in [1.165, 1.54) is 33.0 Å². The van der Waals surface area contributed by atoms with Crippen molar-refractivity contribution in [1.82, 2.24) is 19.0 Å². The molecule has 75 heavy (non-hydrogen) atoms. The first-order chi connectivity index (χ1) is 37.1. The van der Waals surface area contributed by atoms with Crippen molar-refractivity contribution in [3.8, 4) is 61.6 Å². The number of rotatable bonds is 9. The van der Waals surface area contributed by atoms with Crippen molar-refractivity contribution in [3.05, 3.63) is 278 Å². The summed E-state index contributed by atoms with van der Waals surface area (Å²) in [6.45, 7) is 0. The SMILES string of the molecule is CN1C(c2ccccc2)=NC(c2cccc(-c3cccc(-c4ccccc4)n3)c2)=NC1n1c2ccccc2c2ccc3c4ccccc4n(-c4cccc(-c5cc(-c6ccccc6)cc(-c6ccccc6)c5)c4)c3c21. The summed E-state index contributed by atoms with van der Waals surface area (Å²) in [5, 5.41) is 4.67. The average Bonchev–Trinajstić information content (AvgIpc) is 4.07. The highest BCUT2D eigenvalue weighted by atomic mass is 15.4. The Balaban J connectivity index is 0.985. The molecule has 6 heteroatoms. The number of fused-ring (bicyclic) bond motifs is 7. The third-order valence-electron chi connectivity index (χ3n) is 14.7. The number of hydrogen-bond donors (Lipinski definition) is 0. The fourth-order valence-electron chi connectivity index (χ4n) is 11.2. The lowest BCUT2D eigenvalue weighted by atomic mass is 9.93. The number of nitrogens with zero attached hydrogens (tertiary/aromatic N) is 6. The van der Waals surface area contributed by atoms with Crippen molar-refractivity contribution in [2.75, 3.05) is 7.05 Å². The molecule has 4 heterocycles. The standard InChI is InChI=1S/C69H48N6/c1-73-68(49-27-12-5-13-28-49)71-67(52-31-18-30-51(41-52)62-36-20-35-61(70-62)48-25-10-4-11-26-48)72-69(73)75-64-38-17-15-34-58(64)60-40-39-59-57-33-14-16-37-63(57)74(65(59)66(60)75)56-32-19-29-50(45-56)55-43-53(46-21-6-2-7-22-46)42-54(44-55)47-23-8-3-9-24-47/h2-45,69H,1H3. The van der Waals surface area contributed by atoms with Crippen molar-refractivity contribution in [2.45, 2.75) is 6.29 Å². The van der Waals surface area contributed by atoms with Crippen LogP contribution in [0.15, 0.2) is 277 Å². The van der Waals surface area contributed by atoms with E-state index in [1.807, 2.05) is 6.07 Å². The van der Waals surface area contributed by atoms with Gasteiger partial charge in [0.2, 0.25) is 6.29 Å². The molecular weight excluding hydrogens is 913 g/mol. The molecule has 0 radical (unpaired) electrons. The number of aliphatic imine (C=N–C) groups is 2. The molecule has 13 aromatic rings. The van der Waals surface area contributed by atoms with Gasteiger partial charge in [0.25, 0.3) is 0 Å². The Hall–Kier alpha value is -9.91. The van der Waals surface area contributed by atoms with Gasteiger partial charge in [-0.15, -0.1) is 0 Å². The Morgan fingerprint density at radius 3 is 1.47 bits per heavy atom. The molecule has 1 atom stereocenters. The van der Waals surface area contributed by atoms with Crippen LogP contribution < -0.4 is 0 Å². The molecule has 0 fully saturated rings. The van der Waals surface area contributed by atoms with Crippen LogP contribution in [0.4, 0.5) is 0 Å². The summed E-state index contributed by atoms with van der Waals surface area (Å²) >= 11 is 0. The lowest BCUT2D eigenvalue weighted by molar-refractivity contribution is 0.297. The summed E-state index contributed by atoms with van der Waals surface area (Å²) in [6, 6.07) is 95.2. The molecule has 0 saturated carbocycles. The Kier molecular flexibility index (Phi) is 10.7. The van der Waals surface area contributed by atoms with E-state index in [0.29, 0.717) is 5.84 Å². The van der Waals surface area contributed by atoms with Gasteiger partial charge in [-0.2, -0.15) is 0 Å². The van der Waals surface area contributed by atoms with Gasteiger partial charge in [-0.25, -0.2) is 15.0 Å². The molecule has 1 aliphatic heterocycles. The van der Waals surface area contributed by atoms with Crippen LogP contribution in [-0.2, 0) is 0 Å². The van der Waals surface area contributed by atoms with E-state index in [9.17, 15) is 0 Å².